The summed E-state index contributed by atoms with van der Waals surface area (Å²) in [6, 6.07) is 3.45. The summed E-state index contributed by atoms with van der Waals surface area (Å²) in [6.45, 7) is 1.79. The van der Waals surface area contributed by atoms with Gasteiger partial charge in [0.25, 0.3) is 0 Å². The molecule has 72 valence electrons. The first-order chi connectivity index (χ1) is 6.66. The fourth-order valence-corrected chi connectivity index (χ4v) is 1.01. The van der Waals surface area contributed by atoms with E-state index in [1.807, 2.05) is 0 Å². The lowest BCUT2D eigenvalue weighted by atomic mass is 10.5. The zero-order valence-electron chi connectivity index (χ0n) is 7.34. The Labute approximate surface area is 78.8 Å². The molecule has 0 aliphatic carbocycles. The van der Waals surface area contributed by atoms with Gasteiger partial charge in [-0.3, -0.25) is 0 Å². The van der Waals surface area contributed by atoms with Crippen LogP contribution in [0.1, 0.15) is 16.2 Å². The van der Waals surface area contributed by atoms with Gasteiger partial charge in [-0.15, -0.1) is 5.10 Å². The smallest absolute Gasteiger partial charge is 0.358 e. The molecule has 0 saturated carbocycles. The molecule has 0 atom stereocenters. The van der Waals surface area contributed by atoms with Crippen molar-refractivity contribution in [2.75, 3.05) is 0 Å². The Balaban J connectivity index is 2.38. The molecule has 0 unspecified atom stereocenters. The molecule has 0 amide bonds. The number of furan rings is 1. The topological polar surface area (TPSA) is 81.2 Å². The number of carboxylic acid groups (broad SMARTS) is 1. The van der Waals surface area contributed by atoms with Gasteiger partial charge in [-0.25, -0.2) is 4.79 Å². The van der Waals surface area contributed by atoms with Gasteiger partial charge >= 0.3 is 5.97 Å². The van der Waals surface area contributed by atoms with Gasteiger partial charge in [0.15, 0.2) is 5.69 Å². The predicted molar refractivity (Wildman–Crippen MR) is 45.3 cm³/mol. The van der Waals surface area contributed by atoms with Gasteiger partial charge in [0.05, 0.1) is 6.20 Å². The molecule has 2 aromatic heterocycles. The standard InChI is InChI=1S/C8H7N3O3/c1-5-2-3-7(14-5)11-4-6(8(12)13)9-10-11/h2-4H,1H3,(H,12,13). The van der Waals surface area contributed by atoms with Crippen LogP contribution in [0.4, 0.5) is 0 Å². The van der Waals surface area contributed by atoms with E-state index in [1.54, 1.807) is 19.1 Å². The van der Waals surface area contributed by atoms with Gasteiger partial charge in [-0.2, -0.15) is 4.68 Å². The number of rotatable bonds is 2. The predicted octanol–water partition coefficient (Wildman–Crippen LogP) is 0.867. The minimum absolute atomic E-state index is 0.112. The average Bonchev–Trinajstić information content (AvgIpc) is 2.70. The molecule has 1 N–H and O–H groups in total. The quantitative estimate of drug-likeness (QED) is 0.765. The van der Waals surface area contributed by atoms with E-state index in [1.165, 1.54) is 10.9 Å². The van der Waals surface area contributed by atoms with Gasteiger partial charge in [-0.05, 0) is 13.0 Å². The van der Waals surface area contributed by atoms with Crippen molar-refractivity contribution in [3.8, 4) is 5.88 Å². The van der Waals surface area contributed by atoms with Crippen LogP contribution < -0.4 is 0 Å². The summed E-state index contributed by atoms with van der Waals surface area (Å²) >= 11 is 0. The molecular formula is C8H7N3O3. The summed E-state index contributed by atoms with van der Waals surface area (Å²) in [4.78, 5) is 10.5. The summed E-state index contributed by atoms with van der Waals surface area (Å²) in [5, 5.41) is 15.7. The van der Waals surface area contributed by atoms with Crippen molar-refractivity contribution in [2.24, 2.45) is 0 Å². The van der Waals surface area contributed by atoms with Crippen molar-refractivity contribution in [1.29, 1.82) is 0 Å². The van der Waals surface area contributed by atoms with E-state index >= 15 is 0 Å². The van der Waals surface area contributed by atoms with Crippen LogP contribution in [-0.2, 0) is 0 Å². The van der Waals surface area contributed by atoms with Crippen LogP contribution >= 0.6 is 0 Å². The molecule has 6 heteroatoms. The lowest BCUT2D eigenvalue weighted by Gasteiger charge is -1.90. The number of carboxylic acids is 1. The fraction of sp³-hybridized carbons (Fsp3) is 0.125. The van der Waals surface area contributed by atoms with Crippen molar-refractivity contribution < 1.29 is 14.3 Å². The Morgan fingerprint density at radius 1 is 1.57 bits per heavy atom. The SMILES string of the molecule is Cc1ccc(-n2cc(C(=O)O)nn2)o1. The zero-order chi connectivity index (χ0) is 10.1. The largest absolute Gasteiger partial charge is 0.476 e. The highest BCUT2D eigenvalue weighted by atomic mass is 16.4. The summed E-state index contributed by atoms with van der Waals surface area (Å²) in [5.41, 5.74) is -0.112. The minimum Gasteiger partial charge on any atom is -0.476 e. The first-order valence-electron chi connectivity index (χ1n) is 3.89. The van der Waals surface area contributed by atoms with Crippen LogP contribution in [0.3, 0.4) is 0 Å². The maximum atomic E-state index is 10.5. The molecule has 0 spiro atoms. The molecule has 2 rings (SSSR count). The molecule has 0 saturated heterocycles. The number of aromatic nitrogens is 3. The van der Waals surface area contributed by atoms with Crippen molar-refractivity contribution in [1.82, 2.24) is 15.0 Å². The van der Waals surface area contributed by atoms with Crippen molar-refractivity contribution >= 4 is 5.97 Å². The summed E-state index contributed by atoms with van der Waals surface area (Å²) in [7, 11) is 0. The van der Waals surface area contributed by atoms with E-state index in [2.05, 4.69) is 10.3 Å². The van der Waals surface area contributed by atoms with Gasteiger partial charge in [0.1, 0.15) is 5.76 Å². The normalized spacial score (nSPS) is 10.4. The highest BCUT2D eigenvalue weighted by molar-refractivity contribution is 5.84. The molecule has 0 aliphatic rings. The third-order valence-corrected chi connectivity index (χ3v) is 1.66. The van der Waals surface area contributed by atoms with Crippen molar-refractivity contribution in [3.63, 3.8) is 0 Å². The second-order valence-electron chi connectivity index (χ2n) is 2.74. The lowest BCUT2D eigenvalue weighted by molar-refractivity contribution is 0.0690. The molecule has 2 aromatic rings. The maximum absolute atomic E-state index is 10.5. The molecule has 0 bridgehead atoms. The van der Waals surface area contributed by atoms with Crippen LogP contribution in [0.2, 0.25) is 0 Å². The molecule has 14 heavy (non-hydrogen) atoms. The number of nitrogens with zero attached hydrogens (tertiary/aromatic N) is 3. The van der Waals surface area contributed by atoms with Gasteiger partial charge in [-0.1, -0.05) is 5.21 Å². The van der Waals surface area contributed by atoms with Crippen LogP contribution in [-0.4, -0.2) is 26.1 Å². The minimum atomic E-state index is -1.11. The number of aromatic carboxylic acids is 1. The van der Waals surface area contributed by atoms with Gasteiger partial charge in [0, 0.05) is 6.07 Å². The first kappa shape index (κ1) is 8.49. The van der Waals surface area contributed by atoms with Crippen molar-refractivity contribution in [2.45, 2.75) is 6.92 Å². The molecular weight excluding hydrogens is 186 g/mol. The van der Waals surface area contributed by atoms with E-state index < -0.39 is 5.97 Å². The highest BCUT2D eigenvalue weighted by Gasteiger charge is 2.10. The molecule has 2 heterocycles. The Kier molecular flexibility index (Phi) is 1.81. The fourth-order valence-electron chi connectivity index (χ4n) is 1.01. The van der Waals surface area contributed by atoms with E-state index in [-0.39, 0.29) is 5.69 Å². The molecule has 6 nitrogen and oxygen atoms in total. The van der Waals surface area contributed by atoms with Crippen LogP contribution in [0.15, 0.2) is 22.7 Å². The molecule has 0 aromatic carbocycles. The molecule has 0 radical (unpaired) electrons. The number of hydrogen-bond acceptors (Lipinski definition) is 4. The third kappa shape index (κ3) is 1.37. The first-order valence-corrected chi connectivity index (χ1v) is 3.89. The van der Waals surface area contributed by atoms with Crippen LogP contribution in [0.5, 0.6) is 0 Å². The van der Waals surface area contributed by atoms with Gasteiger partial charge in [0.2, 0.25) is 5.88 Å². The Morgan fingerprint density at radius 2 is 2.36 bits per heavy atom. The maximum Gasteiger partial charge on any atom is 0.358 e. The number of hydrogen-bond donors (Lipinski definition) is 1. The Morgan fingerprint density at radius 3 is 2.86 bits per heavy atom. The summed E-state index contributed by atoms with van der Waals surface area (Å²) in [5.74, 6) is 0.0643. The number of carbonyl (C=O) groups is 1. The van der Waals surface area contributed by atoms with Crippen LogP contribution in [0, 0.1) is 6.92 Å². The van der Waals surface area contributed by atoms with E-state index in [9.17, 15) is 4.79 Å². The number of aryl methyl sites for hydroxylation is 1. The summed E-state index contributed by atoms with van der Waals surface area (Å²) in [6.07, 6.45) is 1.29. The Bertz CT molecular complexity index is 472. The molecule has 0 fully saturated rings. The highest BCUT2D eigenvalue weighted by Crippen LogP contribution is 2.10. The van der Waals surface area contributed by atoms with Gasteiger partial charge < -0.3 is 9.52 Å². The second-order valence-corrected chi connectivity index (χ2v) is 2.74. The average molecular weight is 193 g/mol. The van der Waals surface area contributed by atoms with E-state index in [0.29, 0.717) is 5.88 Å². The summed E-state index contributed by atoms with van der Waals surface area (Å²) < 4.78 is 6.50. The van der Waals surface area contributed by atoms with E-state index in [4.69, 9.17) is 9.52 Å². The zero-order valence-corrected chi connectivity index (χ0v) is 7.34. The third-order valence-electron chi connectivity index (χ3n) is 1.66. The van der Waals surface area contributed by atoms with E-state index in [0.717, 1.165) is 5.76 Å². The second kappa shape index (κ2) is 2.99. The Hall–Kier alpha value is -2.11. The van der Waals surface area contributed by atoms with Crippen molar-refractivity contribution in [3.05, 3.63) is 29.8 Å². The van der Waals surface area contributed by atoms with Crippen LogP contribution in [0.25, 0.3) is 5.88 Å². The molecule has 0 aliphatic heterocycles. The monoisotopic (exact) mass is 193 g/mol. The lowest BCUT2D eigenvalue weighted by Crippen LogP contribution is -1.95.